The van der Waals surface area contributed by atoms with Gasteiger partial charge in [-0.3, -0.25) is 0 Å². The molecule has 2 aromatic rings. The molecule has 2 fully saturated rings. The molecule has 2 atom stereocenters. The molecule has 2 aliphatic rings. The molecular formula is C27H40Cl2N2O4Si. The zero-order valence-electron chi connectivity index (χ0n) is 22.1. The van der Waals surface area contributed by atoms with Crippen molar-refractivity contribution in [3.8, 4) is 11.8 Å². The smallest absolute Gasteiger partial charge is 0.157 e. The highest BCUT2D eigenvalue weighted by molar-refractivity contribution is 6.88. The van der Waals surface area contributed by atoms with Gasteiger partial charge in [-0.2, -0.15) is 0 Å². The van der Waals surface area contributed by atoms with Crippen LogP contribution in [0.1, 0.15) is 57.4 Å². The van der Waals surface area contributed by atoms with Gasteiger partial charge in [0.15, 0.2) is 12.6 Å². The zero-order valence-corrected chi connectivity index (χ0v) is 24.6. The highest BCUT2D eigenvalue weighted by atomic mass is 35.5. The average molecular weight is 556 g/mol. The van der Waals surface area contributed by atoms with Crippen LogP contribution in [0.5, 0.6) is 0 Å². The van der Waals surface area contributed by atoms with Crippen LogP contribution in [-0.4, -0.2) is 57.0 Å². The van der Waals surface area contributed by atoms with Crippen LogP contribution in [0.3, 0.4) is 0 Å². The standard InChI is InChI=1S/C17H24Cl2N2O2Si.C10H16O2/c1-24(2,3)17-11(7-9-23-14-6-4-5-8-22-14)15-12(20-17)10-13(18)21-16(15)19;1-2-3-5-8-11-10-7-4-6-9-12-10/h10,14,20H,4-9H2,1-3H3;10H,4-9H2,1H3. The molecule has 0 aliphatic carbocycles. The first-order valence-electron chi connectivity index (χ1n) is 13.0. The lowest BCUT2D eigenvalue weighted by Gasteiger charge is -2.23. The van der Waals surface area contributed by atoms with Crippen molar-refractivity contribution < 1.29 is 18.9 Å². The second-order valence-corrected chi connectivity index (χ2v) is 15.9. The molecule has 0 bridgehead atoms. The molecule has 6 nitrogen and oxygen atoms in total. The van der Waals surface area contributed by atoms with Crippen molar-refractivity contribution in [1.29, 1.82) is 0 Å². The lowest BCUT2D eigenvalue weighted by Crippen LogP contribution is -2.41. The Morgan fingerprint density at radius 1 is 1.03 bits per heavy atom. The van der Waals surface area contributed by atoms with Gasteiger partial charge >= 0.3 is 0 Å². The summed E-state index contributed by atoms with van der Waals surface area (Å²) in [6.45, 7) is 11.8. The molecule has 0 aromatic carbocycles. The molecule has 2 aliphatic heterocycles. The monoisotopic (exact) mass is 554 g/mol. The number of H-pyrrole nitrogens is 1. The van der Waals surface area contributed by atoms with Crippen LogP contribution < -0.4 is 5.32 Å². The first-order valence-corrected chi connectivity index (χ1v) is 17.3. The van der Waals surface area contributed by atoms with Crippen molar-refractivity contribution in [3.63, 3.8) is 0 Å². The molecule has 4 rings (SSSR count). The fourth-order valence-corrected chi connectivity index (χ4v) is 6.65. The Hall–Kier alpha value is -1.11. The van der Waals surface area contributed by atoms with E-state index >= 15 is 0 Å². The Morgan fingerprint density at radius 3 is 2.22 bits per heavy atom. The summed E-state index contributed by atoms with van der Waals surface area (Å²) in [6, 6.07) is 1.85. The van der Waals surface area contributed by atoms with Gasteiger partial charge in [0.25, 0.3) is 0 Å². The van der Waals surface area contributed by atoms with Crippen LogP contribution in [-0.2, 0) is 25.4 Å². The maximum Gasteiger partial charge on any atom is 0.157 e. The largest absolute Gasteiger partial charge is 0.362 e. The molecule has 0 amide bonds. The fraction of sp³-hybridized carbons (Fsp3) is 0.667. The first-order chi connectivity index (χ1) is 17.3. The van der Waals surface area contributed by atoms with E-state index in [1.807, 2.05) is 13.0 Å². The number of hydrogen-bond donors (Lipinski definition) is 1. The summed E-state index contributed by atoms with van der Waals surface area (Å²) in [5.41, 5.74) is 2.18. The number of fused-ring (bicyclic) bond motifs is 1. The number of halogens is 2. The van der Waals surface area contributed by atoms with Crippen LogP contribution in [0.25, 0.3) is 10.9 Å². The fourth-order valence-electron chi connectivity index (χ4n) is 4.44. The number of ether oxygens (including phenoxy) is 4. The third-order valence-corrected chi connectivity index (χ3v) is 8.59. The Balaban J connectivity index is 0.000000253. The predicted molar refractivity (Wildman–Crippen MR) is 150 cm³/mol. The van der Waals surface area contributed by atoms with Crippen molar-refractivity contribution in [2.24, 2.45) is 0 Å². The third kappa shape index (κ3) is 9.02. The normalized spacial score (nSPS) is 20.4. The van der Waals surface area contributed by atoms with Crippen molar-refractivity contribution in [2.75, 3.05) is 26.4 Å². The van der Waals surface area contributed by atoms with Crippen molar-refractivity contribution in [2.45, 2.75) is 90.5 Å². The van der Waals surface area contributed by atoms with Crippen LogP contribution in [0.2, 0.25) is 29.9 Å². The molecule has 0 radical (unpaired) electrons. The zero-order chi connectivity index (χ0) is 26.0. The molecule has 1 N–H and O–H groups in total. The summed E-state index contributed by atoms with van der Waals surface area (Å²) in [5.74, 6) is 5.79. The van der Waals surface area contributed by atoms with Gasteiger partial charge < -0.3 is 23.9 Å². The topological polar surface area (TPSA) is 65.6 Å². The van der Waals surface area contributed by atoms with Gasteiger partial charge in [0, 0.05) is 30.3 Å². The quantitative estimate of drug-likeness (QED) is 0.176. The molecular weight excluding hydrogens is 515 g/mol. The van der Waals surface area contributed by atoms with Gasteiger partial charge in [0.1, 0.15) is 10.3 Å². The maximum absolute atomic E-state index is 6.39. The maximum atomic E-state index is 6.39. The summed E-state index contributed by atoms with van der Waals surface area (Å²) in [7, 11) is -1.56. The highest BCUT2D eigenvalue weighted by Gasteiger charge is 2.26. The second kappa shape index (κ2) is 14.7. The van der Waals surface area contributed by atoms with Crippen LogP contribution >= 0.6 is 23.2 Å². The molecule has 0 spiro atoms. The molecule has 2 aromatic heterocycles. The molecule has 2 unspecified atom stereocenters. The minimum absolute atomic E-state index is 0.0393. The van der Waals surface area contributed by atoms with E-state index in [0.29, 0.717) is 23.5 Å². The van der Waals surface area contributed by atoms with E-state index in [9.17, 15) is 0 Å². The van der Waals surface area contributed by atoms with Crippen LogP contribution in [0.15, 0.2) is 6.07 Å². The SMILES string of the molecule is CC#CCCOC1CCCCO1.C[Si](C)(C)c1[nH]c2cc(Cl)nc(Cl)c2c1CCOC1CCCCO1. The van der Waals surface area contributed by atoms with E-state index in [0.717, 1.165) is 56.2 Å². The van der Waals surface area contributed by atoms with Crippen LogP contribution in [0, 0.1) is 11.8 Å². The number of aromatic nitrogens is 2. The van der Waals surface area contributed by atoms with E-state index in [1.165, 1.54) is 30.1 Å². The average Bonchev–Trinajstić information content (AvgIpc) is 3.23. The lowest BCUT2D eigenvalue weighted by atomic mass is 10.1. The van der Waals surface area contributed by atoms with Gasteiger partial charge in [-0.05, 0) is 63.5 Å². The molecule has 9 heteroatoms. The van der Waals surface area contributed by atoms with Gasteiger partial charge in [-0.25, -0.2) is 4.98 Å². The van der Waals surface area contributed by atoms with Crippen LogP contribution in [0.4, 0.5) is 0 Å². The Labute approximate surface area is 226 Å². The summed E-state index contributed by atoms with van der Waals surface area (Å²) in [5, 5.41) is 3.14. The predicted octanol–water partition coefficient (Wildman–Crippen LogP) is 6.44. The van der Waals surface area contributed by atoms with Gasteiger partial charge in [0.05, 0.1) is 26.8 Å². The number of nitrogens with zero attached hydrogens (tertiary/aromatic N) is 1. The van der Waals surface area contributed by atoms with E-state index in [1.54, 1.807) is 0 Å². The number of nitrogens with one attached hydrogen (secondary N) is 1. The van der Waals surface area contributed by atoms with Crippen molar-refractivity contribution in [3.05, 3.63) is 21.9 Å². The Bertz CT molecular complexity index is 1020. The highest BCUT2D eigenvalue weighted by Crippen LogP contribution is 2.29. The minimum Gasteiger partial charge on any atom is -0.362 e. The van der Waals surface area contributed by atoms with Crippen molar-refractivity contribution in [1.82, 2.24) is 9.97 Å². The van der Waals surface area contributed by atoms with E-state index in [4.69, 9.17) is 42.1 Å². The number of pyridine rings is 1. The molecule has 36 heavy (non-hydrogen) atoms. The molecule has 200 valence electrons. The first kappa shape index (κ1) is 29.4. The van der Waals surface area contributed by atoms with Gasteiger partial charge in [0.2, 0.25) is 0 Å². The minimum atomic E-state index is -1.56. The number of hydrogen-bond acceptors (Lipinski definition) is 5. The summed E-state index contributed by atoms with van der Waals surface area (Å²) in [6.07, 6.45) is 8.31. The Morgan fingerprint density at radius 2 is 1.67 bits per heavy atom. The van der Waals surface area contributed by atoms with E-state index in [2.05, 4.69) is 41.4 Å². The number of aromatic amines is 1. The summed E-state index contributed by atoms with van der Waals surface area (Å²) < 4.78 is 22.4. The summed E-state index contributed by atoms with van der Waals surface area (Å²) in [4.78, 5) is 7.76. The molecule has 4 heterocycles. The lowest BCUT2D eigenvalue weighted by molar-refractivity contribution is -0.161. The van der Waals surface area contributed by atoms with Gasteiger partial charge in [-0.1, -0.05) is 42.8 Å². The van der Waals surface area contributed by atoms with E-state index < -0.39 is 8.07 Å². The number of rotatable bonds is 8. The third-order valence-electron chi connectivity index (χ3n) is 6.20. The van der Waals surface area contributed by atoms with Crippen molar-refractivity contribution >= 4 is 47.5 Å². The molecule has 0 saturated carbocycles. The molecule has 2 saturated heterocycles. The second-order valence-electron chi connectivity index (χ2n) is 10.1. The van der Waals surface area contributed by atoms with Gasteiger partial charge in [-0.15, -0.1) is 11.8 Å². The van der Waals surface area contributed by atoms with E-state index in [-0.39, 0.29) is 12.6 Å². The summed E-state index contributed by atoms with van der Waals surface area (Å²) >= 11 is 12.5. The Kier molecular flexibility index (Phi) is 12.0.